The molecule has 1 N–H and O–H groups in total. The normalized spacial score (nSPS) is 10.1. The highest BCUT2D eigenvalue weighted by Gasteiger charge is 2.06. The summed E-state index contributed by atoms with van der Waals surface area (Å²) in [6, 6.07) is 11.8. The number of thiophene rings is 1. The van der Waals surface area contributed by atoms with Gasteiger partial charge in [0.05, 0.1) is 4.88 Å². The summed E-state index contributed by atoms with van der Waals surface area (Å²) in [4.78, 5) is 12.5. The van der Waals surface area contributed by atoms with Gasteiger partial charge >= 0.3 is 0 Å². The van der Waals surface area contributed by atoms with Gasteiger partial charge < -0.3 is 5.32 Å². The third-order valence-corrected chi connectivity index (χ3v) is 3.30. The van der Waals surface area contributed by atoms with Crippen molar-refractivity contribution in [3.05, 3.63) is 57.8 Å². The Hall–Kier alpha value is -1.61. The predicted octanol–water partition coefficient (Wildman–Crippen LogP) is 2.99. The zero-order valence-electron chi connectivity index (χ0n) is 9.07. The van der Waals surface area contributed by atoms with Crippen molar-refractivity contribution in [3.8, 4) is 0 Å². The molecule has 0 saturated heterocycles. The lowest BCUT2D eigenvalue weighted by Crippen LogP contribution is -2.21. The molecule has 0 fully saturated rings. The number of rotatable bonds is 3. The number of benzene rings is 1. The van der Waals surface area contributed by atoms with Crippen LogP contribution >= 0.6 is 11.3 Å². The van der Waals surface area contributed by atoms with Gasteiger partial charge in [-0.05, 0) is 29.5 Å². The van der Waals surface area contributed by atoms with Crippen LogP contribution in [0, 0.1) is 6.92 Å². The summed E-state index contributed by atoms with van der Waals surface area (Å²) in [5.74, 6) is 0.00181. The molecule has 0 bridgehead atoms. The molecule has 0 aliphatic rings. The first kappa shape index (κ1) is 10.9. The summed E-state index contributed by atoms with van der Waals surface area (Å²) in [5, 5.41) is 4.88. The molecule has 1 aromatic heterocycles. The van der Waals surface area contributed by atoms with Crippen LogP contribution < -0.4 is 5.32 Å². The summed E-state index contributed by atoms with van der Waals surface area (Å²) < 4.78 is 0. The highest BCUT2D eigenvalue weighted by Crippen LogP contribution is 2.13. The van der Waals surface area contributed by atoms with Crippen molar-refractivity contribution in [3.63, 3.8) is 0 Å². The summed E-state index contributed by atoms with van der Waals surface area (Å²) >= 11 is 1.48. The molecule has 1 amide bonds. The van der Waals surface area contributed by atoms with Crippen molar-refractivity contribution < 1.29 is 4.79 Å². The van der Waals surface area contributed by atoms with Crippen LogP contribution in [0.1, 0.15) is 20.8 Å². The van der Waals surface area contributed by atoms with Crippen molar-refractivity contribution in [1.29, 1.82) is 0 Å². The molecule has 82 valence electrons. The van der Waals surface area contributed by atoms with E-state index in [0.29, 0.717) is 6.54 Å². The number of nitrogens with one attached hydrogen (secondary N) is 1. The first-order chi connectivity index (χ1) is 7.75. The molecule has 2 rings (SSSR count). The lowest BCUT2D eigenvalue weighted by Gasteiger charge is -2.03. The average Bonchev–Trinajstić information content (AvgIpc) is 2.74. The van der Waals surface area contributed by atoms with Crippen LogP contribution in [-0.2, 0) is 6.54 Å². The van der Waals surface area contributed by atoms with Gasteiger partial charge in [-0.25, -0.2) is 0 Å². The number of carbonyl (C=O) groups is 1. The fourth-order valence-electron chi connectivity index (χ4n) is 1.42. The first-order valence-electron chi connectivity index (χ1n) is 5.13. The fraction of sp³-hybridized carbons (Fsp3) is 0.154. The zero-order chi connectivity index (χ0) is 11.4. The molecule has 0 aliphatic heterocycles. The van der Waals surface area contributed by atoms with Gasteiger partial charge in [-0.15, -0.1) is 11.3 Å². The van der Waals surface area contributed by atoms with Crippen LogP contribution in [0.4, 0.5) is 0 Å². The second kappa shape index (κ2) is 4.94. The molecular weight excluding hydrogens is 218 g/mol. The van der Waals surface area contributed by atoms with Crippen molar-refractivity contribution in [2.24, 2.45) is 0 Å². The first-order valence-corrected chi connectivity index (χ1v) is 6.01. The number of hydrogen-bond acceptors (Lipinski definition) is 2. The predicted molar refractivity (Wildman–Crippen MR) is 66.7 cm³/mol. The SMILES string of the molecule is Cc1csc(C(=O)NCc2ccccc2)c1. The summed E-state index contributed by atoms with van der Waals surface area (Å²) in [5.41, 5.74) is 2.25. The molecule has 0 saturated carbocycles. The Morgan fingerprint density at radius 3 is 2.69 bits per heavy atom. The van der Waals surface area contributed by atoms with Gasteiger partial charge in [0.2, 0.25) is 0 Å². The Bertz CT molecular complexity index is 476. The third kappa shape index (κ3) is 2.70. The second-order valence-electron chi connectivity index (χ2n) is 3.66. The Morgan fingerprint density at radius 2 is 2.06 bits per heavy atom. The van der Waals surface area contributed by atoms with Gasteiger partial charge in [0, 0.05) is 6.54 Å². The minimum absolute atomic E-state index is 0.00181. The van der Waals surface area contributed by atoms with Crippen LogP contribution in [0.2, 0.25) is 0 Å². The number of amides is 1. The minimum Gasteiger partial charge on any atom is -0.347 e. The van der Waals surface area contributed by atoms with Crippen molar-refractivity contribution in [1.82, 2.24) is 5.32 Å². The Balaban J connectivity index is 1.94. The number of aryl methyl sites for hydroxylation is 1. The van der Waals surface area contributed by atoms with Gasteiger partial charge in [0.1, 0.15) is 0 Å². The van der Waals surface area contributed by atoms with Gasteiger partial charge in [0.25, 0.3) is 5.91 Å². The van der Waals surface area contributed by atoms with Gasteiger partial charge in [0.15, 0.2) is 0 Å². The lowest BCUT2D eigenvalue weighted by atomic mass is 10.2. The maximum atomic E-state index is 11.7. The molecule has 0 unspecified atom stereocenters. The van der Waals surface area contributed by atoms with Gasteiger partial charge in [-0.3, -0.25) is 4.79 Å². The van der Waals surface area contributed by atoms with Crippen LogP contribution in [0.3, 0.4) is 0 Å². The van der Waals surface area contributed by atoms with E-state index in [0.717, 1.165) is 16.0 Å². The van der Waals surface area contributed by atoms with Gasteiger partial charge in [-0.1, -0.05) is 30.3 Å². The maximum Gasteiger partial charge on any atom is 0.261 e. The average molecular weight is 231 g/mol. The van der Waals surface area contributed by atoms with E-state index >= 15 is 0 Å². The fourth-order valence-corrected chi connectivity index (χ4v) is 2.23. The topological polar surface area (TPSA) is 29.1 Å². The van der Waals surface area contributed by atoms with E-state index < -0.39 is 0 Å². The van der Waals surface area contributed by atoms with Crippen LogP contribution in [0.15, 0.2) is 41.8 Å². The van der Waals surface area contributed by atoms with Crippen LogP contribution in [0.25, 0.3) is 0 Å². The second-order valence-corrected chi connectivity index (χ2v) is 4.57. The smallest absolute Gasteiger partial charge is 0.261 e. The van der Waals surface area contributed by atoms with E-state index in [4.69, 9.17) is 0 Å². The van der Waals surface area contributed by atoms with Crippen molar-refractivity contribution in [2.75, 3.05) is 0 Å². The Labute approximate surface area is 98.9 Å². The van der Waals surface area contributed by atoms with E-state index in [9.17, 15) is 4.79 Å². The minimum atomic E-state index is 0.00181. The molecular formula is C13H13NOS. The molecule has 0 radical (unpaired) electrons. The summed E-state index contributed by atoms with van der Waals surface area (Å²) in [6.07, 6.45) is 0. The highest BCUT2D eigenvalue weighted by molar-refractivity contribution is 7.12. The van der Waals surface area contributed by atoms with E-state index in [2.05, 4.69) is 5.32 Å². The molecule has 2 aromatic rings. The van der Waals surface area contributed by atoms with Crippen molar-refractivity contribution >= 4 is 17.2 Å². The van der Waals surface area contributed by atoms with Crippen LogP contribution in [0.5, 0.6) is 0 Å². The van der Waals surface area contributed by atoms with Crippen LogP contribution in [-0.4, -0.2) is 5.91 Å². The van der Waals surface area contributed by atoms with E-state index in [1.165, 1.54) is 11.3 Å². The molecule has 1 aromatic carbocycles. The zero-order valence-corrected chi connectivity index (χ0v) is 9.88. The highest BCUT2D eigenvalue weighted by atomic mass is 32.1. The largest absolute Gasteiger partial charge is 0.347 e. The quantitative estimate of drug-likeness (QED) is 0.864. The Kier molecular flexibility index (Phi) is 3.37. The van der Waals surface area contributed by atoms with E-state index in [1.54, 1.807) is 0 Å². The van der Waals surface area contributed by atoms with Crippen molar-refractivity contribution in [2.45, 2.75) is 13.5 Å². The molecule has 0 atom stereocenters. The number of carbonyl (C=O) groups excluding carboxylic acids is 1. The molecule has 3 heteroatoms. The Morgan fingerprint density at radius 1 is 1.31 bits per heavy atom. The third-order valence-electron chi connectivity index (χ3n) is 2.25. The number of hydrogen-bond donors (Lipinski definition) is 1. The molecule has 1 heterocycles. The molecule has 0 aliphatic carbocycles. The molecule has 0 spiro atoms. The van der Waals surface area contributed by atoms with E-state index in [-0.39, 0.29) is 5.91 Å². The molecule has 16 heavy (non-hydrogen) atoms. The molecule has 2 nitrogen and oxygen atoms in total. The summed E-state index contributed by atoms with van der Waals surface area (Å²) in [7, 11) is 0. The standard InChI is InChI=1S/C13H13NOS/c1-10-7-12(16-9-10)13(15)14-8-11-5-3-2-4-6-11/h2-7,9H,8H2,1H3,(H,14,15). The monoisotopic (exact) mass is 231 g/mol. The lowest BCUT2D eigenvalue weighted by molar-refractivity contribution is 0.0955. The van der Waals surface area contributed by atoms with Gasteiger partial charge in [-0.2, -0.15) is 0 Å². The van der Waals surface area contributed by atoms with E-state index in [1.807, 2.05) is 48.7 Å². The summed E-state index contributed by atoms with van der Waals surface area (Å²) in [6.45, 7) is 2.57. The maximum absolute atomic E-state index is 11.7.